The summed E-state index contributed by atoms with van der Waals surface area (Å²) >= 11 is 1.50. The van der Waals surface area contributed by atoms with Crippen molar-refractivity contribution < 1.29 is 14.3 Å². The Labute approximate surface area is 200 Å². The van der Waals surface area contributed by atoms with Crippen LogP contribution in [0.5, 0.6) is 0 Å². The summed E-state index contributed by atoms with van der Waals surface area (Å²) in [4.78, 5) is 23.6. The first-order chi connectivity index (χ1) is 15.2. The Kier molecular flexibility index (Phi) is 7.40. The van der Waals surface area contributed by atoms with Gasteiger partial charge < -0.3 is 4.74 Å². The number of esters is 1. The van der Waals surface area contributed by atoms with Gasteiger partial charge >= 0.3 is 5.97 Å². The van der Waals surface area contributed by atoms with Gasteiger partial charge in [-0.05, 0) is 116 Å². The van der Waals surface area contributed by atoms with Crippen molar-refractivity contribution in [2.24, 2.45) is 46.3 Å². The summed E-state index contributed by atoms with van der Waals surface area (Å²) in [6, 6.07) is 0. The molecule has 0 aromatic carbocycles. The Morgan fingerprint density at radius 1 is 1.00 bits per heavy atom. The van der Waals surface area contributed by atoms with E-state index in [2.05, 4.69) is 27.7 Å². The fraction of sp³-hybridized carbons (Fsp3) is 0.929. The van der Waals surface area contributed by atoms with Gasteiger partial charge in [0.1, 0.15) is 6.10 Å². The molecule has 4 saturated carbocycles. The zero-order valence-corrected chi connectivity index (χ0v) is 22.0. The fourth-order valence-corrected chi connectivity index (χ4v) is 9.90. The number of hydrogen-bond donors (Lipinski definition) is 0. The monoisotopic (exact) mass is 462 g/mol. The lowest BCUT2D eigenvalue weighted by molar-refractivity contribution is -0.160. The molecule has 0 aliphatic heterocycles. The summed E-state index contributed by atoms with van der Waals surface area (Å²) in [6.07, 6.45) is 13.6. The first-order valence-electron chi connectivity index (χ1n) is 13.5. The normalized spacial score (nSPS) is 44.2. The molecule has 32 heavy (non-hydrogen) atoms. The maximum Gasteiger partial charge on any atom is 0.302 e. The molecule has 0 bridgehead atoms. The van der Waals surface area contributed by atoms with Crippen molar-refractivity contribution in [3.63, 3.8) is 0 Å². The standard InChI is InChI=1S/C28H46O3S/c1-6-32-26(30)12-7-18(2)23-10-11-24-22-9-8-20-17-21(31-19(3)29)13-15-27(20,4)25(22)14-16-28(23,24)5/h18,20-25H,6-17H2,1-5H3. The predicted molar refractivity (Wildman–Crippen MR) is 132 cm³/mol. The third-order valence-electron chi connectivity index (χ3n) is 10.8. The van der Waals surface area contributed by atoms with Crippen molar-refractivity contribution in [1.29, 1.82) is 0 Å². The summed E-state index contributed by atoms with van der Waals surface area (Å²) in [5, 5.41) is 0.387. The zero-order chi connectivity index (χ0) is 23.1. The molecule has 3 nitrogen and oxygen atoms in total. The highest BCUT2D eigenvalue weighted by molar-refractivity contribution is 8.13. The average Bonchev–Trinajstić information content (AvgIpc) is 3.09. The van der Waals surface area contributed by atoms with Crippen LogP contribution in [0.1, 0.15) is 105 Å². The van der Waals surface area contributed by atoms with Crippen molar-refractivity contribution in [1.82, 2.24) is 0 Å². The van der Waals surface area contributed by atoms with Crippen LogP contribution in [0.4, 0.5) is 0 Å². The van der Waals surface area contributed by atoms with E-state index in [4.69, 9.17) is 4.74 Å². The van der Waals surface area contributed by atoms with Crippen LogP contribution in [-0.2, 0) is 14.3 Å². The highest BCUT2D eigenvalue weighted by Gasteiger charge is 2.60. The van der Waals surface area contributed by atoms with Gasteiger partial charge in [-0.25, -0.2) is 0 Å². The van der Waals surface area contributed by atoms with Crippen LogP contribution < -0.4 is 0 Å². The third kappa shape index (κ3) is 4.43. The molecule has 4 aliphatic rings. The molecule has 0 N–H and O–H groups in total. The Hall–Kier alpha value is -0.510. The molecule has 0 amide bonds. The molecular formula is C28H46O3S. The second-order valence-corrected chi connectivity index (χ2v) is 13.5. The van der Waals surface area contributed by atoms with Crippen molar-refractivity contribution >= 4 is 22.8 Å². The topological polar surface area (TPSA) is 43.4 Å². The molecule has 4 rings (SSSR count). The minimum atomic E-state index is -0.109. The Bertz CT molecular complexity index is 707. The molecule has 182 valence electrons. The predicted octanol–water partition coefficient (Wildman–Crippen LogP) is 7.27. The van der Waals surface area contributed by atoms with E-state index in [0.29, 0.717) is 21.9 Å². The van der Waals surface area contributed by atoms with Crippen molar-refractivity contribution in [2.45, 2.75) is 111 Å². The maximum absolute atomic E-state index is 12.1. The lowest BCUT2D eigenvalue weighted by Crippen LogP contribution is -2.54. The molecule has 9 unspecified atom stereocenters. The van der Waals surface area contributed by atoms with Gasteiger partial charge in [0.25, 0.3) is 0 Å². The molecule has 0 heterocycles. The zero-order valence-electron chi connectivity index (χ0n) is 21.2. The lowest BCUT2D eigenvalue weighted by atomic mass is 9.44. The van der Waals surface area contributed by atoms with Gasteiger partial charge in [-0.15, -0.1) is 0 Å². The molecule has 4 heteroatoms. The van der Waals surface area contributed by atoms with E-state index < -0.39 is 0 Å². The second-order valence-electron chi connectivity index (χ2n) is 12.2. The van der Waals surface area contributed by atoms with Crippen molar-refractivity contribution in [3.05, 3.63) is 0 Å². The van der Waals surface area contributed by atoms with E-state index in [9.17, 15) is 9.59 Å². The first-order valence-corrected chi connectivity index (χ1v) is 14.5. The highest BCUT2D eigenvalue weighted by atomic mass is 32.2. The average molecular weight is 463 g/mol. The summed E-state index contributed by atoms with van der Waals surface area (Å²) < 4.78 is 5.64. The Morgan fingerprint density at radius 2 is 1.72 bits per heavy atom. The summed E-state index contributed by atoms with van der Waals surface area (Å²) in [6.45, 7) is 11.3. The maximum atomic E-state index is 12.1. The second kappa shape index (κ2) is 9.62. The van der Waals surface area contributed by atoms with Crippen LogP contribution in [0, 0.1) is 46.3 Å². The summed E-state index contributed by atoms with van der Waals surface area (Å²) in [5.41, 5.74) is 0.911. The number of fused-ring (bicyclic) bond motifs is 5. The van der Waals surface area contributed by atoms with E-state index in [1.807, 2.05) is 0 Å². The minimum Gasteiger partial charge on any atom is -0.463 e. The summed E-state index contributed by atoms with van der Waals surface area (Å²) in [5.74, 6) is 5.58. The number of carbonyl (C=O) groups is 2. The smallest absolute Gasteiger partial charge is 0.302 e. The molecule has 0 saturated heterocycles. The van der Waals surface area contributed by atoms with E-state index in [-0.39, 0.29) is 12.1 Å². The van der Waals surface area contributed by atoms with Gasteiger partial charge in [-0.1, -0.05) is 39.5 Å². The van der Waals surface area contributed by atoms with E-state index in [1.165, 1.54) is 56.7 Å². The molecule has 0 aromatic rings. The quantitative estimate of drug-likeness (QED) is 0.389. The van der Waals surface area contributed by atoms with Crippen LogP contribution in [0.25, 0.3) is 0 Å². The highest BCUT2D eigenvalue weighted by Crippen LogP contribution is 2.68. The van der Waals surface area contributed by atoms with Crippen LogP contribution in [0.2, 0.25) is 0 Å². The van der Waals surface area contributed by atoms with Gasteiger partial charge in [0.2, 0.25) is 0 Å². The van der Waals surface area contributed by atoms with Crippen LogP contribution in [-0.4, -0.2) is 22.9 Å². The van der Waals surface area contributed by atoms with E-state index in [1.54, 1.807) is 6.92 Å². The molecule has 9 atom stereocenters. The number of carbonyl (C=O) groups excluding carboxylic acids is 2. The number of rotatable bonds is 6. The number of ether oxygens (including phenoxy) is 1. The van der Waals surface area contributed by atoms with E-state index in [0.717, 1.165) is 61.0 Å². The van der Waals surface area contributed by atoms with Crippen molar-refractivity contribution in [2.75, 3.05) is 5.75 Å². The van der Waals surface area contributed by atoms with Gasteiger partial charge in [0.15, 0.2) is 5.12 Å². The fourth-order valence-electron chi connectivity index (χ4n) is 9.32. The summed E-state index contributed by atoms with van der Waals surface area (Å²) in [7, 11) is 0. The van der Waals surface area contributed by atoms with Gasteiger partial charge in [0.05, 0.1) is 0 Å². The molecule has 4 aliphatic carbocycles. The van der Waals surface area contributed by atoms with E-state index >= 15 is 0 Å². The van der Waals surface area contributed by atoms with Crippen LogP contribution in [0.15, 0.2) is 0 Å². The lowest BCUT2D eigenvalue weighted by Gasteiger charge is -2.61. The minimum absolute atomic E-state index is 0.109. The first kappa shape index (κ1) is 24.6. The van der Waals surface area contributed by atoms with Crippen LogP contribution in [0.3, 0.4) is 0 Å². The van der Waals surface area contributed by atoms with Crippen molar-refractivity contribution in [3.8, 4) is 0 Å². The molecule has 4 fully saturated rings. The molecule has 0 spiro atoms. The van der Waals surface area contributed by atoms with Gasteiger partial charge in [-0.3, -0.25) is 9.59 Å². The van der Waals surface area contributed by atoms with Gasteiger partial charge in [0, 0.05) is 13.3 Å². The third-order valence-corrected chi connectivity index (χ3v) is 11.6. The number of thioether (sulfide) groups is 1. The number of hydrogen-bond acceptors (Lipinski definition) is 4. The molecular weight excluding hydrogens is 416 g/mol. The van der Waals surface area contributed by atoms with Crippen LogP contribution >= 0.6 is 11.8 Å². The molecule has 0 radical (unpaired) electrons. The largest absolute Gasteiger partial charge is 0.463 e. The molecule has 0 aromatic heterocycles. The van der Waals surface area contributed by atoms with Gasteiger partial charge in [-0.2, -0.15) is 0 Å². The SMILES string of the molecule is CCSC(=O)CCC(C)C1CCC2C3CCC4CC(OC(C)=O)CCC4(C)C3CCC12C. The Balaban J connectivity index is 1.42. The Morgan fingerprint density at radius 3 is 2.44 bits per heavy atom.